The van der Waals surface area contributed by atoms with Gasteiger partial charge in [-0.25, -0.2) is 0 Å². The van der Waals surface area contributed by atoms with Crippen molar-refractivity contribution in [1.82, 2.24) is 0 Å². The molecule has 0 bridgehead atoms. The summed E-state index contributed by atoms with van der Waals surface area (Å²) < 4.78 is 5.19. The number of rotatable bonds is 8. The van der Waals surface area contributed by atoms with E-state index in [9.17, 15) is 25.2 Å². The molecule has 0 fully saturated rings. The largest absolute Gasteiger partial charge is 0.508 e. The van der Waals surface area contributed by atoms with Gasteiger partial charge >= 0.3 is 0 Å². The lowest BCUT2D eigenvalue weighted by molar-refractivity contribution is 0.0954. The Morgan fingerprint density at radius 1 is 1.14 bits per heavy atom. The molecule has 1 unspecified atom stereocenters. The lowest BCUT2D eigenvalue weighted by Crippen LogP contribution is -2.13. The van der Waals surface area contributed by atoms with Gasteiger partial charge in [0.15, 0.2) is 5.78 Å². The fourth-order valence-corrected chi connectivity index (χ4v) is 2.97. The summed E-state index contributed by atoms with van der Waals surface area (Å²) in [5.74, 6) is -1.23. The monoisotopic (exact) mass is 386 g/mol. The Bertz CT molecular complexity index is 864. The number of hydrogen-bond donors (Lipinski definition) is 4. The average molecular weight is 386 g/mol. The van der Waals surface area contributed by atoms with Crippen molar-refractivity contribution >= 4 is 5.78 Å². The van der Waals surface area contributed by atoms with Crippen LogP contribution in [0.4, 0.5) is 0 Å². The van der Waals surface area contributed by atoms with Crippen molar-refractivity contribution in [1.29, 1.82) is 0 Å². The number of phenolic OH excluding ortho intramolecular Hbond substituents is 3. The van der Waals surface area contributed by atoms with Crippen LogP contribution in [0.15, 0.2) is 42.0 Å². The summed E-state index contributed by atoms with van der Waals surface area (Å²) in [4.78, 5) is 13.0. The molecular weight excluding hydrogens is 360 g/mol. The van der Waals surface area contributed by atoms with Crippen LogP contribution in [-0.2, 0) is 6.42 Å². The second-order valence-electron chi connectivity index (χ2n) is 6.88. The SMILES string of the molecule is COc1cc(O)c(CC=C(C)C)c(O)c1C(=O)CC(CO)c1ccc(O)cc1. The molecular formula is C22H26O6. The lowest BCUT2D eigenvalue weighted by Gasteiger charge is -2.18. The van der Waals surface area contributed by atoms with E-state index >= 15 is 0 Å². The second-order valence-corrected chi connectivity index (χ2v) is 6.88. The number of hydrogen-bond acceptors (Lipinski definition) is 6. The van der Waals surface area contributed by atoms with Crippen molar-refractivity contribution in [2.24, 2.45) is 0 Å². The third-order valence-corrected chi connectivity index (χ3v) is 4.58. The quantitative estimate of drug-likeness (QED) is 0.407. The van der Waals surface area contributed by atoms with E-state index in [2.05, 4.69) is 0 Å². The van der Waals surface area contributed by atoms with Crippen LogP contribution < -0.4 is 4.74 Å². The number of allylic oxidation sites excluding steroid dienone is 2. The molecule has 150 valence electrons. The van der Waals surface area contributed by atoms with Crippen molar-refractivity contribution in [3.8, 4) is 23.0 Å². The maximum absolute atomic E-state index is 13.0. The predicted molar refractivity (Wildman–Crippen MR) is 106 cm³/mol. The summed E-state index contributed by atoms with van der Waals surface area (Å²) in [7, 11) is 1.35. The number of aromatic hydroxyl groups is 3. The number of aliphatic hydroxyl groups is 1. The van der Waals surface area contributed by atoms with Crippen molar-refractivity contribution in [3.05, 3.63) is 58.7 Å². The van der Waals surface area contributed by atoms with Crippen LogP contribution in [0.2, 0.25) is 0 Å². The molecule has 6 heteroatoms. The minimum Gasteiger partial charge on any atom is -0.508 e. The van der Waals surface area contributed by atoms with Gasteiger partial charge in [-0.15, -0.1) is 0 Å². The van der Waals surface area contributed by atoms with Gasteiger partial charge in [0.1, 0.15) is 28.6 Å². The molecule has 0 aliphatic rings. The minimum atomic E-state index is -0.507. The highest BCUT2D eigenvalue weighted by Gasteiger charge is 2.26. The Hall–Kier alpha value is -2.99. The number of methoxy groups -OCH3 is 1. The number of Topliss-reactive ketones (excluding diaryl/α,β-unsaturated/α-hetero) is 1. The van der Waals surface area contributed by atoms with Gasteiger partial charge in [0.2, 0.25) is 0 Å². The molecule has 0 aromatic heterocycles. The first-order chi connectivity index (χ1) is 13.3. The normalized spacial score (nSPS) is 11.7. The van der Waals surface area contributed by atoms with E-state index in [-0.39, 0.29) is 53.6 Å². The third-order valence-electron chi connectivity index (χ3n) is 4.58. The maximum atomic E-state index is 13.0. The summed E-state index contributed by atoms with van der Waals surface area (Å²) in [6.45, 7) is 3.52. The zero-order valence-electron chi connectivity index (χ0n) is 16.3. The topological polar surface area (TPSA) is 107 Å². The van der Waals surface area contributed by atoms with Gasteiger partial charge in [0.25, 0.3) is 0 Å². The Morgan fingerprint density at radius 2 is 1.79 bits per heavy atom. The first-order valence-electron chi connectivity index (χ1n) is 8.96. The van der Waals surface area contributed by atoms with Crippen LogP contribution in [-0.4, -0.2) is 39.9 Å². The van der Waals surface area contributed by atoms with Gasteiger partial charge < -0.3 is 25.2 Å². The molecule has 0 radical (unpaired) electrons. The van der Waals surface area contributed by atoms with Crippen molar-refractivity contribution in [2.45, 2.75) is 32.6 Å². The summed E-state index contributed by atoms with van der Waals surface area (Å²) >= 11 is 0. The molecule has 2 aromatic rings. The van der Waals surface area contributed by atoms with E-state index < -0.39 is 11.7 Å². The summed E-state index contributed by atoms with van der Waals surface area (Å²) in [5.41, 5.74) is 1.93. The van der Waals surface area contributed by atoms with Crippen LogP contribution in [0.1, 0.15) is 47.7 Å². The Labute approximate surface area is 164 Å². The zero-order valence-corrected chi connectivity index (χ0v) is 16.3. The third kappa shape index (κ3) is 4.84. The highest BCUT2D eigenvalue weighted by molar-refractivity contribution is 6.02. The standard InChI is InChI=1S/C22H26O6/c1-13(2)4-9-17-18(25)11-20(28-3)21(22(17)27)19(26)10-15(12-23)14-5-7-16(24)8-6-14/h4-8,11,15,23-25,27H,9-10,12H2,1-3H3. The molecule has 2 aromatic carbocycles. The fraction of sp³-hybridized carbons (Fsp3) is 0.318. The van der Waals surface area contributed by atoms with Crippen LogP contribution >= 0.6 is 0 Å². The van der Waals surface area contributed by atoms with E-state index in [0.29, 0.717) is 5.56 Å². The fourth-order valence-electron chi connectivity index (χ4n) is 2.97. The Morgan fingerprint density at radius 3 is 2.32 bits per heavy atom. The predicted octanol–water partition coefficient (Wildman–Crippen LogP) is 3.67. The highest BCUT2D eigenvalue weighted by Crippen LogP contribution is 2.40. The minimum absolute atomic E-state index is 0.0188. The summed E-state index contributed by atoms with van der Waals surface area (Å²) in [6, 6.07) is 7.56. The van der Waals surface area contributed by atoms with Gasteiger partial charge in [0, 0.05) is 24.0 Å². The maximum Gasteiger partial charge on any atom is 0.171 e. The molecule has 0 aliphatic carbocycles. The molecule has 1 atom stereocenters. The van der Waals surface area contributed by atoms with Gasteiger partial charge in [0.05, 0.1) is 13.7 Å². The zero-order chi connectivity index (χ0) is 20.8. The molecule has 0 aliphatic heterocycles. The number of aliphatic hydroxyl groups excluding tert-OH is 1. The molecule has 0 spiro atoms. The first kappa shape index (κ1) is 21.3. The molecule has 0 heterocycles. The van der Waals surface area contributed by atoms with Crippen molar-refractivity contribution in [2.75, 3.05) is 13.7 Å². The average Bonchev–Trinajstić information content (AvgIpc) is 2.65. The molecule has 28 heavy (non-hydrogen) atoms. The van der Waals surface area contributed by atoms with E-state index in [1.54, 1.807) is 12.1 Å². The second kappa shape index (κ2) is 9.28. The molecule has 2 rings (SSSR count). The molecule has 6 nitrogen and oxygen atoms in total. The molecule has 0 amide bonds. The van der Waals surface area contributed by atoms with Crippen LogP contribution in [0.5, 0.6) is 23.0 Å². The number of ether oxygens (including phenoxy) is 1. The van der Waals surface area contributed by atoms with Gasteiger partial charge in [-0.1, -0.05) is 23.8 Å². The Kier molecular flexibility index (Phi) is 7.06. The van der Waals surface area contributed by atoms with Gasteiger partial charge in [-0.05, 0) is 38.0 Å². The smallest absolute Gasteiger partial charge is 0.171 e. The highest BCUT2D eigenvalue weighted by atomic mass is 16.5. The van der Waals surface area contributed by atoms with Crippen LogP contribution in [0.3, 0.4) is 0 Å². The number of ketones is 1. The molecule has 0 saturated heterocycles. The number of phenols is 3. The summed E-state index contributed by atoms with van der Waals surface area (Å²) in [5, 5.41) is 40.0. The van der Waals surface area contributed by atoms with Crippen molar-refractivity contribution < 1.29 is 30.0 Å². The van der Waals surface area contributed by atoms with E-state index in [0.717, 1.165) is 5.57 Å². The van der Waals surface area contributed by atoms with Crippen molar-refractivity contribution in [3.63, 3.8) is 0 Å². The number of carbonyl (C=O) groups is 1. The molecule has 4 N–H and O–H groups in total. The molecule has 0 saturated carbocycles. The van der Waals surface area contributed by atoms with Crippen LogP contribution in [0.25, 0.3) is 0 Å². The van der Waals surface area contributed by atoms with Gasteiger partial charge in [-0.3, -0.25) is 4.79 Å². The first-order valence-corrected chi connectivity index (χ1v) is 8.96. The Balaban J connectivity index is 2.41. The van der Waals surface area contributed by atoms with E-state index in [4.69, 9.17) is 4.74 Å². The lowest BCUT2D eigenvalue weighted by atomic mass is 9.90. The number of benzene rings is 2. The number of carbonyl (C=O) groups excluding carboxylic acids is 1. The summed E-state index contributed by atoms with van der Waals surface area (Å²) in [6.07, 6.45) is 2.03. The van der Waals surface area contributed by atoms with E-state index in [1.165, 1.54) is 25.3 Å². The van der Waals surface area contributed by atoms with Crippen LogP contribution in [0, 0.1) is 0 Å². The van der Waals surface area contributed by atoms with Gasteiger partial charge in [-0.2, -0.15) is 0 Å². The van der Waals surface area contributed by atoms with E-state index in [1.807, 2.05) is 19.9 Å².